The first-order valence-electron chi connectivity index (χ1n) is 9.55. The van der Waals surface area contributed by atoms with E-state index >= 15 is 0 Å². The van der Waals surface area contributed by atoms with Crippen molar-refractivity contribution in [3.05, 3.63) is 73.8 Å². The molecule has 6 heteroatoms. The summed E-state index contributed by atoms with van der Waals surface area (Å²) in [6, 6.07) is 14.9. The lowest BCUT2D eigenvalue weighted by Gasteiger charge is -2.22. The Morgan fingerprint density at radius 3 is 2.86 bits per heavy atom. The van der Waals surface area contributed by atoms with E-state index in [4.69, 9.17) is 4.98 Å². The maximum absolute atomic E-state index is 12.9. The molecule has 0 saturated carbocycles. The molecule has 1 aliphatic heterocycles. The summed E-state index contributed by atoms with van der Waals surface area (Å²) in [5.41, 5.74) is 1.98. The zero-order valence-corrected chi connectivity index (χ0v) is 17.3. The molecule has 0 aliphatic carbocycles. The lowest BCUT2D eigenvalue weighted by atomic mass is 10.1. The second kappa shape index (κ2) is 7.28. The van der Waals surface area contributed by atoms with Crippen LogP contribution in [-0.2, 0) is 6.54 Å². The monoisotopic (exact) mass is 407 g/mol. The molecule has 1 aromatic carbocycles. The number of nitrogens with one attached hydrogen (secondary N) is 1. The van der Waals surface area contributed by atoms with Crippen LogP contribution < -0.4 is 5.56 Å². The van der Waals surface area contributed by atoms with Crippen molar-refractivity contribution in [2.45, 2.75) is 32.4 Å². The zero-order chi connectivity index (χ0) is 19.1. The van der Waals surface area contributed by atoms with E-state index in [9.17, 15) is 4.79 Å². The molecule has 1 atom stereocenters. The van der Waals surface area contributed by atoms with E-state index in [0.29, 0.717) is 18.0 Å². The maximum Gasteiger partial charge on any atom is 0.260 e. The van der Waals surface area contributed by atoms with E-state index in [2.05, 4.69) is 28.9 Å². The topological polar surface area (TPSA) is 49.0 Å². The molecular formula is C22H21N3OS2. The van der Waals surface area contributed by atoms with Gasteiger partial charge in [0.1, 0.15) is 10.7 Å². The van der Waals surface area contributed by atoms with Crippen molar-refractivity contribution < 1.29 is 0 Å². The van der Waals surface area contributed by atoms with Crippen molar-refractivity contribution in [3.63, 3.8) is 0 Å². The maximum atomic E-state index is 12.9. The van der Waals surface area contributed by atoms with Gasteiger partial charge in [-0.25, -0.2) is 4.98 Å². The highest BCUT2D eigenvalue weighted by atomic mass is 32.1. The van der Waals surface area contributed by atoms with Crippen LogP contribution in [0, 0.1) is 6.92 Å². The summed E-state index contributed by atoms with van der Waals surface area (Å²) in [6.07, 6.45) is 2.36. The summed E-state index contributed by atoms with van der Waals surface area (Å²) < 4.78 is 0. The molecule has 5 rings (SSSR count). The molecule has 1 saturated heterocycles. The van der Waals surface area contributed by atoms with Crippen molar-refractivity contribution in [2.24, 2.45) is 0 Å². The fraction of sp³-hybridized carbons (Fsp3) is 0.273. The molecule has 4 nitrogen and oxygen atoms in total. The summed E-state index contributed by atoms with van der Waals surface area (Å²) in [6.45, 7) is 3.88. The minimum absolute atomic E-state index is 0.0391. The smallest absolute Gasteiger partial charge is 0.260 e. The van der Waals surface area contributed by atoms with Crippen LogP contribution in [0.4, 0.5) is 0 Å². The predicted octanol–water partition coefficient (Wildman–Crippen LogP) is 5.36. The van der Waals surface area contributed by atoms with Gasteiger partial charge in [-0.3, -0.25) is 9.69 Å². The Morgan fingerprint density at radius 1 is 1.21 bits per heavy atom. The molecule has 4 aromatic rings. The SMILES string of the molecule is Cc1ccc(C2CCCN2Cc2nc3scc(-c4ccccc4)c3c(=O)[nH]2)s1. The van der Waals surface area contributed by atoms with Gasteiger partial charge in [0, 0.05) is 26.7 Å². The van der Waals surface area contributed by atoms with Gasteiger partial charge in [0.15, 0.2) is 0 Å². The predicted molar refractivity (Wildman–Crippen MR) is 117 cm³/mol. The average molecular weight is 408 g/mol. The van der Waals surface area contributed by atoms with Gasteiger partial charge in [0.25, 0.3) is 5.56 Å². The minimum atomic E-state index is -0.0391. The molecule has 0 amide bonds. The molecule has 3 aromatic heterocycles. The lowest BCUT2D eigenvalue weighted by molar-refractivity contribution is 0.245. The number of thiophene rings is 2. The Hall–Kier alpha value is -2.28. The van der Waals surface area contributed by atoms with E-state index in [1.54, 1.807) is 11.3 Å². The van der Waals surface area contributed by atoms with Gasteiger partial charge in [0.05, 0.1) is 11.9 Å². The number of hydrogen-bond donors (Lipinski definition) is 1. The molecule has 142 valence electrons. The van der Waals surface area contributed by atoms with E-state index in [1.165, 1.54) is 22.6 Å². The van der Waals surface area contributed by atoms with Crippen molar-refractivity contribution >= 4 is 32.9 Å². The van der Waals surface area contributed by atoms with Crippen molar-refractivity contribution in [1.82, 2.24) is 14.9 Å². The second-order valence-corrected chi connectivity index (χ2v) is 9.46. The van der Waals surface area contributed by atoms with Crippen molar-refractivity contribution in [1.29, 1.82) is 0 Å². The number of nitrogens with zero attached hydrogens (tertiary/aromatic N) is 2. The number of fused-ring (bicyclic) bond motifs is 1. The van der Waals surface area contributed by atoms with Gasteiger partial charge in [-0.05, 0) is 44.0 Å². The summed E-state index contributed by atoms with van der Waals surface area (Å²) in [4.78, 5) is 26.8. The number of H-pyrrole nitrogens is 1. The molecule has 0 bridgehead atoms. The molecule has 0 radical (unpaired) electrons. The van der Waals surface area contributed by atoms with Crippen LogP contribution in [0.25, 0.3) is 21.3 Å². The summed E-state index contributed by atoms with van der Waals surface area (Å²) in [5.74, 6) is 0.763. The van der Waals surface area contributed by atoms with Gasteiger partial charge in [-0.1, -0.05) is 30.3 Å². The number of aryl methyl sites for hydroxylation is 1. The number of aromatic amines is 1. The van der Waals surface area contributed by atoms with Crippen molar-refractivity contribution in [2.75, 3.05) is 6.54 Å². The summed E-state index contributed by atoms with van der Waals surface area (Å²) in [7, 11) is 0. The number of aromatic nitrogens is 2. The molecular weight excluding hydrogens is 386 g/mol. The van der Waals surface area contributed by atoms with E-state index in [1.807, 2.05) is 47.0 Å². The third-order valence-corrected chi connectivity index (χ3v) is 7.36. The molecule has 0 spiro atoms. The molecule has 1 unspecified atom stereocenters. The first-order valence-corrected chi connectivity index (χ1v) is 11.2. The minimum Gasteiger partial charge on any atom is -0.309 e. The zero-order valence-electron chi connectivity index (χ0n) is 15.6. The van der Waals surface area contributed by atoms with Crippen LogP contribution in [0.15, 0.2) is 52.6 Å². The Morgan fingerprint density at radius 2 is 2.07 bits per heavy atom. The molecule has 1 aliphatic rings. The van der Waals surface area contributed by atoms with Gasteiger partial charge in [0.2, 0.25) is 0 Å². The Bertz CT molecular complexity index is 1180. The van der Waals surface area contributed by atoms with Crippen LogP contribution in [-0.4, -0.2) is 21.4 Å². The fourth-order valence-electron chi connectivity index (χ4n) is 4.06. The van der Waals surface area contributed by atoms with Gasteiger partial charge >= 0.3 is 0 Å². The highest BCUT2D eigenvalue weighted by molar-refractivity contribution is 7.17. The summed E-state index contributed by atoms with van der Waals surface area (Å²) in [5, 5.41) is 2.74. The Balaban J connectivity index is 1.46. The van der Waals surface area contributed by atoms with Gasteiger partial charge in [-0.15, -0.1) is 22.7 Å². The van der Waals surface area contributed by atoms with Crippen LogP contribution in [0.2, 0.25) is 0 Å². The number of benzene rings is 1. The lowest BCUT2D eigenvalue weighted by Crippen LogP contribution is -2.25. The average Bonchev–Trinajstić information content (AvgIpc) is 3.42. The van der Waals surface area contributed by atoms with Crippen LogP contribution >= 0.6 is 22.7 Å². The molecule has 4 heterocycles. The molecule has 28 heavy (non-hydrogen) atoms. The highest BCUT2D eigenvalue weighted by Crippen LogP contribution is 2.36. The number of likely N-dealkylation sites (tertiary alicyclic amines) is 1. The largest absolute Gasteiger partial charge is 0.309 e. The van der Waals surface area contributed by atoms with E-state index < -0.39 is 0 Å². The second-order valence-electron chi connectivity index (χ2n) is 7.29. The van der Waals surface area contributed by atoms with Gasteiger partial charge < -0.3 is 4.98 Å². The molecule has 1 fully saturated rings. The Kier molecular flexibility index (Phi) is 4.62. The normalized spacial score (nSPS) is 17.5. The fourth-order valence-corrected chi connectivity index (χ4v) is 6.07. The van der Waals surface area contributed by atoms with Gasteiger partial charge in [-0.2, -0.15) is 0 Å². The third-order valence-electron chi connectivity index (χ3n) is 5.38. The highest BCUT2D eigenvalue weighted by Gasteiger charge is 2.28. The number of hydrogen-bond acceptors (Lipinski definition) is 5. The third kappa shape index (κ3) is 3.21. The van der Waals surface area contributed by atoms with E-state index in [0.717, 1.165) is 28.3 Å². The standard InChI is InChI=1S/C22H21N3OS2/c1-14-9-10-18(28-14)17-8-5-11-25(17)12-19-23-21(26)20-16(13-27-22(20)24-19)15-6-3-2-4-7-15/h2-4,6-7,9-10,13,17H,5,8,11-12H2,1H3,(H,23,24,26). The van der Waals surface area contributed by atoms with Crippen LogP contribution in [0.3, 0.4) is 0 Å². The van der Waals surface area contributed by atoms with Crippen LogP contribution in [0.5, 0.6) is 0 Å². The molecule has 1 N–H and O–H groups in total. The summed E-state index contributed by atoms with van der Waals surface area (Å²) >= 11 is 3.42. The first kappa shape index (κ1) is 17.8. The van der Waals surface area contributed by atoms with Crippen molar-refractivity contribution in [3.8, 4) is 11.1 Å². The number of rotatable bonds is 4. The van der Waals surface area contributed by atoms with Crippen LogP contribution in [0.1, 0.15) is 34.5 Å². The quantitative estimate of drug-likeness (QED) is 0.495. The Labute approximate surface area is 171 Å². The first-order chi connectivity index (χ1) is 13.7. The van der Waals surface area contributed by atoms with E-state index in [-0.39, 0.29) is 5.56 Å².